The lowest BCUT2D eigenvalue weighted by molar-refractivity contribution is -0.0175. The zero-order valence-electron chi connectivity index (χ0n) is 8.70. The van der Waals surface area contributed by atoms with Crippen molar-refractivity contribution in [3.05, 3.63) is 23.3 Å². The second-order valence-electron chi connectivity index (χ2n) is 3.29. The number of carbonyl (C=O) groups excluding carboxylic acids is 1. The van der Waals surface area contributed by atoms with E-state index in [1.165, 1.54) is 14.0 Å². The van der Waals surface area contributed by atoms with E-state index in [0.29, 0.717) is 17.9 Å². The molecule has 1 aromatic rings. The van der Waals surface area contributed by atoms with Crippen LogP contribution >= 0.6 is 0 Å². The zero-order valence-corrected chi connectivity index (χ0v) is 8.70. The second-order valence-corrected chi connectivity index (χ2v) is 3.29. The summed E-state index contributed by atoms with van der Waals surface area (Å²) in [5.41, 5.74) is 1.36. The summed E-state index contributed by atoms with van der Waals surface area (Å²) in [5, 5.41) is 0. The molecule has 0 saturated carbocycles. The summed E-state index contributed by atoms with van der Waals surface area (Å²) in [7, 11) is 1.54. The van der Waals surface area contributed by atoms with Crippen LogP contribution in [0.4, 0.5) is 0 Å². The molecule has 0 amide bonds. The van der Waals surface area contributed by atoms with Gasteiger partial charge in [0.05, 0.1) is 24.8 Å². The van der Waals surface area contributed by atoms with Gasteiger partial charge >= 0.3 is 0 Å². The van der Waals surface area contributed by atoms with Crippen LogP contribution in [0.1, 0.15) is 22.8 Å². The summed E-state index contributed by atoms with van der Waals surface area (Å²) in [5.74, 6) is 1.25. The first-order chi connectivity index (χ1) is 7.24. The van der Waals surface area contributed by atoms with Crippen molar-refractivity contribution >= 4 is 5.78 Å². The fraction of sp³-hybridized carbons (Fsp3) is 0.364. The molecule has 1 heterocycles. The topological polar surface area (TPSA) is 44.8 Å². The van der Waals surface area contributed by atoms with Crippen LogP contribution in [0.2, 0.25) is 0 Å². The van der Waals surface area contributed by atoms with Gasteiger partial charge in [0.25, 0.3) is 0 Å². The first-order valence-electron chi connectivity index (χ1n) is 4.65. The van der Waals surface area contributed by atoms with Crippen molar-refractivity contribution in [1.82, 2.24) is 0 Å². The van der Waals surface area contributed by atoms with Gasteiger partial charge in [-0.2, -0.15) is 0 Å². The molecule has 0 radical (unpaired) electrons. The Balaban J connectivity index is 2.56. The van der Waals surface area contributed by atoms with E-state index in [-0.39, 0.29) is 12.6 Å². The Morgan fingerprint density at radius 3 is 2.93 bits per heavy atom. The summed E-state index contributed by atoms with van der Waals surface area (Å²) in [6.45, 7) is 2.17. The molecule has 0 aromatic heterocycles. The van der Waals surface area contributed by atoms with E-state index in [1.54, 1.807) is 12.1 Å². The number of methoxy groups -OCH3 is 1. The molecule has 4 heteroatoms. The molecule has 2 rings (SSSR count). The molecule has 0 saturated heterocycles. The number of ketones is 1. The van der Waals surface area contributed by atoms with E-state index in [0.717, 1.165) is 11.3 Å². The Bertz CT molecular complexity index is 398. The fourth-order valence-electron chi connectivity index (χ4n) is 1.64. The number of Topliss-reactive ketones (excluding diaryl/α,β-unsaturated/α-hetero) is 1. The minimum atomic E-state index is -0.0276. The van der Waals surface area contributed by atoms with Gasteiger partial charge in [0.2, 0.25) is 0 Å². The second kappa shape index (κ2) is 3.90. The monoisotopic (exact) mass is 208 g/mol. The van der Waals surface area contributed by atoms with Crippen LogP contribution in [0.15, 0.2) is 12.1 Å². The number of hydrogen-bond donors (Lipinski definition) is 0. The molecule has 1 aliphatic rings. The molecule has 1 aromatic carbocycles. The number of benzene rings is 1. The van der Waals surface area contributed by atoms with Gasteiger partial charge in [0.15, 0.2) is 12.6 Å². The van der Waals surface area contributed by atoms with Crippen molar-refractivity contribution in [3.8, 4) is 11.5 Å². The molecule has 1 aliphatic heterocycles. The van der Waals surface area contributed by atoms with Crippen LogP contribution in [0.5, 0.6) is 11.5 Å². The molecule has 0 atom stereocenters. The Labute approximate surface area is 87.8 Å². The molecule has 15 heavy (non-hydrogen) atoms. The van der Waals surface area contributed by atoms with E-state index in [1.807, 2.05) is 0 Å². The van der Waals surface area contributed by atoms with Gasteiger partial charge < -0.3 is 14.2 Å². The van der Waals surface area contributed by atoms with Crippen LogP contribution in [0, 0.1) is 0 Å². The van der Waals surface area contributed by atoms with Gasteiger partial charge in [0.1, 0.15) is 11.5 Å². The summed E-state index contributed by atoms with van der Waals surface area (Å²) >= 11 is 0. The van der Waals surface area contributed by atoms with E-state index < -0.39 is 0 Å². The number of ether oxygens (including phenoxy) is 3. The molecule has 0 N–H and O–H groups in total. The molecule has 80 valence electrons. The van der Waals surface area contributed by atoms with E-state index in [2.05, 4.69) is 0 Å². The van der Waals surface area contributed by atoms with E-state index >= 15 is 0 Å². The summed E-state index contributed by atoms with van der Waals surface area (Å²) < 4.78 is 15.7. The maximum absolute atomic E-state index is 11.3. The Morgan fingerprint density at radius 2 is 2.27 bits per heavy atom. The first-order valence-corrected chi connectivity index (χ1v) is 4.65. The highest BCUT2D eigenvalue weighted by molar-refractivity contribution is 5.97. The third kappa shape index (κ3) is 1.68. The number of hydrogen-bond acceptors (Lipinski definition) is 4. The highest BCUT2D eigenvalue weighted by Crippen LogP contribution is 2.35. The number of fused-ring (bicyclic) bond motifs is 1. The SMILES string of the molecule is COc1c(C(C)=O)ccc2c1COCO2. The van der Waals surface area contributed by atoms with Gasteiger partial charge in [-0.1, -0.05) is 0 Å². The average Bonchev–Trinajstić information content (AvgIpc) is 2.27. The van der Waals surface area contributed by atoms with Crippen molar-refractivity contribution in [2.45, 2.75) is 13.5 Å². The quantitative estimate of drug-likeness (QED) is 0.695. The van der Waals surface area contributed by atoms with Gasteiger partial charge in [0, 0.05) is 0 Å². The molecular formula is C11H12O4. The smallest absolute Gasteiger partial charge is 0.189 e. The van der Waals surface area contributed by atoms with Crippen LogP contribution in [-0.2, 0) is 11.3 Å². The minimum absolute atomic E-state index is 0.0276. The van der Waals surface area contributed by atoms with E-state index in [9.17, 15) is 4.79 Å². The Morgan fingerprint density at radius 1 is 1.47 bits per heavy atom. The third-order valence-corrected chi connectivity index (χ3v) is 2.35. The van der Waals surface area contributed by atoms with Gasteiger partial charge in [-0.05, 0) is 19.1 Å². The van der Waals surface area contributed by atoms with Crippen LogP contribution in [-0.4, -0.2) is 19.7 Å². The fourth-order valence-corrected chi connectivity index (χ4v) is 1.64. The largest absolute Gasteiger partial charge is 0.495 e. The highest BCUT2D eigenvalue weighted by Gasteiger charge is 2.20. The van der Waals surface area contributed by atoms with Crippen LogP contribution < -0.4 is 9.47 Å². The lowest BCUT2D eigenvalue weighted by Gasteiger charge is -2.21. The first kappa shape index (κ1) is 9.98. The van der Waals surface area contributed by atoms with Crippen molar-refractivity contribution in [3.63, 3.8) is 0 Å². The van der Waals surface area contributed by atoms with Crippen molar-refractivity contribution in [2.75, 3.05) is 13.9 Å². The molecule has 0 aliphatic carbocycles. The van der Waals surface area contributed by atoms with Crippen molar-refractivity contribution in [1.29, 1.82) is 0 Å². The molecule has 4 nitrogen and oxygen atoms in total. The lowest BCUT2D eigenvalue weighted by atomic mass is 10.0. The highest BCUT2D eigenvalue weighted by atomic mass is 16.7. The molecule has 0 spiro atoms. The predicted molar refractivity (Wildman–Crippen MR) is 53.3 cm³/mol. The summed E-state index contributed by atoms with van der Waals surface area (Å²) in [4.78, 5) is 11.3. The molecule has 0 bridgehead atoms. The van der Waals surface area contributed by atoms with E-state index in [4.69, 9.17) is 14.2 Å². The van der Waals surface area contributed by atoms with Gasteiger partial charge in [-0.3, -0.25) is 4.79 Å². The summed E-state index contributed by atoms with van der Waals surface area (Å²) in [6, 6.07) is 3.49. The third-order valence-electron chi connectivity index (χ3n) is 2.35. The number of carbonyl (C=O) groups is 1. The van der Waals surface area contributed by atoms with Gasteiger partial charge in [-0.25, -0.2) is 0 Å². The standard InChI is InChI=1S/C11H12O4/c1-7(12)8-3-4-10-9(11(8)13-2)5-14-6-15-10/h3-4H,5-6H2,1-2H3. The predicted octanol–water partition coefficient (Wildman–Crippen LogP) is 1.76. The molecule has 0 fully saturated rings. The maximum Gasteiger partial charge on any atom is 0.189 e. The number of rotatable bonds is 2. The summed E-state index contributed by atoms with van der Waals surface area (Å²) in [6.07, 6.45) is 0. The normalized spacial score (nSPS) is 14.0. The Hall–Kier alpha value is -1.55. The Kier molecular flexibility index (Phi) is 2.60. The average molecular weight is 208 g/mol. The minimum Gasteiger partial charge on any atom is -0.495 e. The van der Waals surface area contributed by atoms with Crippen molar-refractivity contribution in [2.24, 2.45) is 0 Å². The van der Waals surface area contributed by atoms with Crippen molar-refractivity contribution < 1.29 is 19.0 Å². The lowest BCUT2D eigenvalue weighted by Crippen LogP contribution is -2.13. The van der Waals surface area contributed by atoms with Crippen LogP contribution in [0.25, 0.3) is 0 Å². The zero-order chi connectivity index (χ0) is 10.8. The maximum atomic E-state index is 11.3. The van der Waals surface area contributed by atoms with Gasteiger partial charge in [-0.15, -0.1) is 0 Å². The molecule has 0 unspecified atom stereocenters. The molecular weight excluding hydrogens is 196 g/mol. The van der Waals surface area contributed by atoms with Crippen LogP contribution in [0.3, 0.4) is 0 Å².